The molecule has 1 aromatic heterocycles. The number of aromatic amines is 1. The minimum atomic E-state index is -0.573. The number of hydrogen-bond acceptors (Lipinski definition) is 4. The zero-order valence-electron chi connectivity index (χ0n) is 12.1. The fourth-order valence-corrected chi connectivity index (χ4v) is 2.09. The van der Waals surface area contributed by atoms with E-state index in [0.717, 1.165) is 10.3 Å². The van der Waals surface area contributed by atoms with E-state index in [9.17, 15) is 4.79 Å². The van der Waals surface area contributed by atoms with Crippen molar-refractivity contribution in [1.29, 1.82) is 0 Å². The molecule has 1 N–H and O–H groups in total. The normalized spacial score (nSPS) is 12.0. The first-order valence-electron chi connectivity index (χ1n) is 6.51. The number of benzene rings is 1. The van der Waals surface area contributed by atoms with Gasteiger partial charge in [0.15, 0.2) is 11.9 Å². The fraction of sp³-hybridized carbons (Fsp3) is 0.357. The number of aromatic nitrogens is 3. The summed E-state index contributed by atoms with van der Waals surface area (Å²) in [6.45, 7) is 3.89. The summed E-state index contributed by atoms with van der Waals surface area (Å²) in [5.41, 5.74) is 0. The van der Waals surface area contributed by atoms with Gasteiger partial charge in [0.1, 0.15) is 11.6 Å². The SMILES string of the molecule is Cc1nc(CN(C)C(=O)C(C)Oc2ccc(Br)cc2)n[nH]1. The molecule has 1 heterocycles. The maximum absolute atomic E-state index is 12.3. The maximum atomic E-state index is 12.3. The van der Waals surface area contributed by atoms with E-state index in [4.69, 9.17) is 4.74 Å². The van der Waals surface area contributed by atoms with Crippen LogP contribution in [0, 0.1) is 6.92 Å². The van der Waals surface area contributed by atoms with Gasteiger partial charge in [-0.05, 0) is 38.1 Å². The van der Waals surface area contributed by atoms with Gasteiger partial charge in [-0.2, -0.15) is 5.10 Å². The lowest BCUT2D eigenvalue weighted by Crippen LogP contribution is -2.37. The zero-order chi connectivity index (χ0) is 15.4. The number of likely N-dealkylation sites (N-methyl/N-ethyl adjacent to an activating group) is 1. The summed E-state index contributed by atoms with van der Waals surface area (Å²) >= 11 is 3.36. The Kier molecular flexibility index (Phi) is 4.95. The Morgan fingerprint density at radius 2 is 2.10 bits per heavy atom. The number of nitrogens with one attached hydrogen (secondary N) is 1. The fourth-order valence-electron chi connectivity index (χ4n) is 1.83. The lowest BCUT2D eigenvalue weighted by atomic mass is 10.3. The Hall–Kier alpha value is -1.89. The van der Waals surface area contributed by atoms with Crippen molar-refractivity contribution in [3.05, 3.63) is 40.4 Å². The van der Waals surface area contributed by atoms with Gasteiger partial charge in [-0.15, -0.1) is 0 Å². The highest BCUT2D eigenvalue weighted by atomic mass is 79.9. The smallest absolute Gasteiger partial charge is 0.263 e. The summed E-state index contributed by atoms with van der Waals surface area (Å²) in [7, 11) is 1.70. The van der Waals surface area contributed by atoms with Crippen LogP contribution in [0.2, 0.25) is 0 Å². The third kappa shape index (κ3) is 4.29. The highest BCUT2D eigenvalue weighted by Crippen LogP contribution is 2.17. The van der Waals surface area contributed by atoms with Crippen molar-refractivity contribution in [2.45, 2.75) is 26.5 Å². The van der Waals surface area contributed by atoms with E-state index in [-0.39, 0.29) is 5.91 Å². The lowest BCUT2D eigenvalue weighted by molar-refractivity contribution is -0.137. The van der Waals surface area contributed by atoms with E-state index >= 15 is 0 Å². The first-order valence-corrected chi connectivity index (χ1v) is 7.30. The third-order valence-electron chi connectivity index (χ3n) is 2.87. The molecule has 2 rings (SSSR count). The number of halogens is 1. The quantitative estimate of drug-likeness (QED) is 0.896. The first-order chi connectivity index (χ1) is 9.95. The second-order valence-electron chi connectivity index (χ2n) is 4.75. The lowest BCUT2D eigenvalue weighted by Gasteiger charge is -2.21. The van der Waals surface area contributed by atoms with Crippen molar-refractivity contribution in [3.8, 4) is 5.75 Å². The Bertz CT molecular complexity index is 612. The molecule has 0 spiro atoms. The van der Waals surface area contributed by atoms with E-state index in [2.05, 4.69) is 31.1 Å². The zero-order valence-corrected chi connectivity index (χ0v) is 13.7. The summed E-state index contributed by atoms with van der Waals surface area (Å²) < 4.78 is 6.60. The van der Waals surface area contributed by atoms with Crippen LogP contribution in [0.5, 0.6) is 5.75 Å². The van der Waals surface area contributed by atoms with Crippen molar-refractivity contribution in [2.75, 3.05) is 7.05 Å². The molecule has 0 aliphatic rings. The van der Waals surface area contributed by atoms with Gasteiger partial charge >= 0.3 is 0 Å². The van der Waals surface area contributed by atoms with E-state index in [1.807, 2.05) is 31.2 Å². The second kappa shape index (κ2) is 6.71. The topological polar surface area (TPSA) is 71.1 Å². The molecule has 6 nitrogen and oxygen atoms in total. The molecule has 0 aliphatic carbocycles. The van der Waals surface area contributed by atoms with Crippen LogP contribution in [0.1, 0.15) is 18.6 Å². The molecule has 0 radical (unpaired) electrons. The van der Waals surface area contributed by atoms with Gasteiger partial charge in [0.25, 0.3) is 5.91 Å². The van der Waals surface area contributed by atoms with Crippen LogP contribution in [-0.2, 0) is 11.3 Å². The van der Waals surface area contributed by atoms with Gasteiger partial charge in [0.05, 0.1) is 6.54 Å². The predicted octanol–water partition coefficient (Wildman–Crippen LogP) is 2.30. The summed E-state index contributed by atoms with van der Waals surface area (Å²) in [4.78, 5) is 18.0. The van der Waals surface area contributed by atoms with E-state index in [1.165, 1.54) is 0 Å². The van der Waals surface area contributed by atoms with Gasteiger partial charge in [0, 0.05) is 11.5 Å². The monoisotopic (exact) mass is 352 g/mol. The van der Waals surface area contributed by atoms with Crippen molar-refractivity contribution in [2.24, 2.45) is 0 Å². The van der Waals surface area contributed by atoms with Crippen LogP contribution in [0.4, 0.5) is 0 Å². The Morgan fingerprint density at radius 3 is 2.67 bits per heavy atom. The number of rotatable bonds is 5. The highest BCUT2D eigenvalue weighted by molar-refractivity contribution is 9.10. The molecule has 0 bridgehead atoms. The van der Waals surface area contributed by atoms with Gasteiger partial charge < -0.3 is 9.64 Å². The first kappa shape index (κ1) is 15.5. The van der Waals surface area contributed by atoms with Crippen LogP contribution in [-0.4, -0.2) is 39.1 Å². The summed E-state index contributed by atoms with van der Waals surface area (Å²) in [6, 6.07) is 7.36. The molecule has 0 saturated carbocycles. The van der Waals surface area contributed by atoms with Gasteiger partial charge in [-0.25, -0.2) is 4.98 Å². The van der Waals surface area contributed by atoms with Crippen molar-refractivity contribution in [3.63, 3.8) is 0 Å². The number of H-pyrrole nitrogens is 1. The van der Waals surface area contributed by atoms with Crippen LogP contribution in [0.3, 0.4) is 0 Å². The standard InChI is InChI=1S/C14H17BrN4O2/c1-9(21-12-6-4-11(15)5-7-12)14(20)19(3)8-13-16-10(2)17-18-13/h4-7,9H,8H2,1-3H3,(H,16,17,18). The molecule has 7 heteroatoms. The van der Waals surface area contributed by atoms with E-state index in [1.54, 1.807) is 18.9 Å². The Morgan fingerprint density at radius 1 is 1.43 bits per heavy atom. The molecule has 21 heavy (non-hydrogen) atoms. The summed E-state index contributed by atoms with van der Waals surface area (Å²) in [5.74, 6) is 1.84. The Labute approximate surface area is 131 Å². The molecule has 1 amide bonds. The number of hydrogen-bond donors (Lipinski definition) is 1. The largest absolute Gasteiger partial charge is 0.481 e. The molecule has 1 aromatic carbocycles. The predicted molar refractivity (Wildman–Crippen MR) is 81.8 cm³/mol. The average molecular weight is 353 g/mol. The summed E-state index contributed by atoms with van der Waals surface area (Å²) in [5, 5.41) is 6.77. The van der Waals surface area contributed by atoms with Crippen LogP contribution in [0.15, 0.2) is 28.7 Å². The van der Waals surface area contributed by atoms with Crippen molar-refractivity contribution >= 4 is 21.8 Å². The minimum absolute atomic E-state index is 0.125. The third-order valence-corrected chi connectivity index (χ3v) is 3.40. The molecule has 0 saturated heterocycles. The van der Waals surface area contributed by atoms with E-state index in [0.29, 0.717) is 18.1 Å². The molecule has 112 valence electrons. The molecule has 1 atom stereocenters. The van der Waals surface area contributed by atoms with Crippen molar-refractivity contribution in [1.82, 2.24) is 20.1 Å². The van der Waals surface area contributed by atoms with Crippen molar-refractivity contribution < 1.29 is 9.53 Å². The molecule has 2 aromatic rings. The maximum Gasteiger partial charge on any atom is 0.263 e. The molecule has 0 fully saturated rings. The molecule has 1 unspecified atom stereocenters. The Balaban J connectivity index is 1.93. The van der Waals surface area contributed by atoms with Crippen LogP contribution in [0.25, 0.3) is 0 Å². The summed E-state index contributed by atoms with van der Waals surface area (Å²) in [6.07, 6.45) is -0.573. The average Bonchev–Trinajstić information content (AvgIpc) is 2.85. The highest BCUT2D eigenvalue weighted by Gasteiger charge is 2.20. The number of carbonyl (C=O) groups excluding carboxylic acids is 1. The molecular weight excluding hydrogens is 336 g/mol. The van der Waals surface area contributed by atoms with Crippen LogP contribution < -0.4 is 4.74 Å². The van der Waals surface area contributed by atoms with Gasteiger partial charge in [0.2, 0.25) is 0 Å². The van der Waals surface area contributed by atoms with Gasteiger partial charge in [-0.3, -0.25) is 9.89 Å². The number of ether oxygens (including phenoxy) is 1. The molecule has 0 aliphatic heterocycles. The van der Waals surface area contributed by atoms with E-state index < -0.39 is 6.10 Å². The number of nitrogens with zero attached hydrogens (tertiary/aromatic N) is 3. The second-order valence-corrected chi connectivity index (χ2v) is 5.66. The number of aryl methyl sites for hydroxylation is 1. The minimum Gasteiger partial charge on any atom is -0.481 e. The number of carbonyl (C=O) groups is 1. The van der Waals surface area contributed by atoms with Crippen LogP contribution >= 0.6 is 15.9 Å². The van der Waals surface area contributed by atoms with Gasteiger partial charge in [-0.1, -0.05) is 15.9 Å². The molecular formula is C14H17BrN4O2. The number of amides is 1.